The van der Waals surface area contributed by atoms with Crippen LogP contribution in [0.3, 0.4) is 0 Å². The maximum Gasteiger partial charge on any atom is 0.264 e. The lowest BCUT2D eigenvalue weighted by Gasteiger charge is -2.28. The lowest BCUT2D eigenvalue weighted by Crippen LogP contribution is -2.31. The van der Waals surface area contributed by atoms with Gasteiger partial charge in [0.2, 0.25) is 29.7 Å². The van der Waals surface area contributed by atoms with E-state index in [0.717, 1.165) is 109 Å². The molecule has 28 heteroatoms. The molecule has 2 aliphatic heterocycles. The minimum absolute atomic E-state index is 0.205. The van der Waals surface area contributed by atoms with E-state index in [1.807, 2.05) is 91.4 Å². The van der Waals surface area contributed by atoms with E-state index in [1.54, 1.807) is 97.2 Å². The summed E-state index contributed by atoms with van der Waals surface area (Å²) >= 11 is 5.78. The summed E-state index contributed by atoms with van der Waals surface area (Å²) in [4.78, 5) is 49.2. The van der Waals surface area contributed by atoms with Crippen molar-refractivity contribution in [1.29, 1.82) is 0 Å². The Hall–Kier alpha value is -13.9. The van der Waals surface area contributed by atoms with Crippen LogP contribution in [0.2, 0.25) is 5.15 Å². The SMILES string of the molecule is CN1c2cnc(Nc3ccc(Cl)nc3)nc2-c2ccccc2S1(=O)=O.CN1c2cnc(Nc3ccc(F)cc3)nc2-c2ccccc2S1(=O)=O.Fc1ccc(Nc2ncc3c(n2)-c2ccccc2CCC3)cc1.Fc1ccc2c(c1)-c1nc(Nc3ccccc3)ncc1CCC2.c1ccc(Nc2ncc3c(n2)-c2ccccc2CCC3)cc1. The fourth-order valence-corrected chi connectivity index (χ4v) is 17.1. The van der Waals surface area contributed by atoms with Crippen LogP contribution >= 0.6 is 11.6 Å². The minimum atomic E-state index is -3.62. The van der Waals surface area contributed by atoms with Crippen molar-refractivity contribution in [2.75, 3.05) is 49.3 Å². The van der Waals surface area contributed by atoms with Crippen molar-refractivity contribution in [3.8, 4) is 56.3 Å². The fourth-order valence-electron chi connectivity index (χ4n) is 14.2. The molecule has 0 radical (unpaired) electrons. The van der Waals surface area contributed by atoms with E-state index in [4.69, 9.17) is 21.6 Å². The van der Waals surface area contributed by atoms with Gasteiger partial charge in [0.05, 0.1) is 62.5 Å². The number of halogens is 4. The quantitative estimate of drug-likeness (QED) is 0.0796. The molecule has 118 heavy (non-hydrogen) atoms. The number of benzene rings is 9. The van der Waals surface area contributed by atoms with E-state index in [9.17, 15) is 30.0 Å². The van der Waals surface area contributed by atoms with Gasteiger partial charge in [-0.25, -0.2) is 84.8 Å². The summed E-state index contributed by atoms with van der Waals surface area (Å²) in [6.07, 6.45) is 19.6. The number of anilines is 12. The molecule has 588 valence electrons. The Balaban J connectivity index is 0.000000110. The van der Waals surface area contributed by atoms with E-state index < -0.39 is 20.0 Å². The van der Waals surface area contributed by atoms with Crippen molar-refractivity contribution < 1.29 is 30.0 Å². The van der Waals surface area contributed by atoms with Crippen LogP contribution < -0.4 is 35.2 Å². The molecule has 20 rings (SSSR count). The maximum atomic E-state index is 13.7. The molecule has 0 atom stereocenters. The van der Waals surface area contributed by atoms with Gasteiger partial charge in [-0.2, -0.15) is 0 Å². The predicted octanol–water partition coefficient (Wildman–Crippen LogP) is 19.6. The van der Waals surface area contributed by atoms with E-state index >= 15 is 0 Å². The number of pyridine rings is 1. The Morgan fingerprint density at radius 3 is 1.02 bits per heavy atom. The summed E-state index contributed by atoms with van der Waals surface area (Å²) in [6.45, 7) is 0. The molecule has 0 bridgehead atoms. The number of sulfonamides is 2. The summed E-state index contributed by atoms with van der Waals surface area (Å²) < 4.78 is 92.5. The standard InChI is InChI=1S/2C19H16FN3.C19H17N3.C17H13FN4O2S.C16H12ClN5O2S/c20-15-8-10-16(11-9-15)22-19-21-12-14-6-3-5-13-4-1-2-7-17(13)18(14)23-19;20-15-10-9-13-5-4-6-14-12-21-19(23-18(14)17(13)11-15)22-16-7-2-1-3-8-16;1-2-10-16(11-3-1)21-19-20-13-15-9-6-8-14-7-4-5-12-17(14)18(15)22-19;1-22-14-10-19-17(20-12-8-6-11(18)7-9-12)21-16(14)13-4-2-3-5-15(13)25(22,23)24;1-22-12-9-19-16(20-10-6-7-14(17)18-8-10)21-15(12)11-4-2-3-5-13(11)25(22,23)24/h1-2,4,7-12H,3,5-6H2,(H,21,22,23);1-3,7-12H,4-6H2,(H,21,22,23);1-5,7,10-13H,6,8-9H2,(H,20,21,22);2-10H,1H3,(H,19,20,21);2-9H,1H3,(H,19,20,21). The average molecular weight is 1630 g/mol. The highest BCUT2D eigenvalue weighted by Gasteiger charge is 2.36. The second-order valence-corrected chi connectivity index (χ2v) is 32.2. The van der Waals surface area contributed by atoms with Crippen LogP contribution in [-0.2, 0) is 58.6 Å². The van der Waals surface area contributed by atoms with Crippen LogP contribution in [0.25, 0.3) is 56.3 Å². The molecule has 0 fully saturated rings. The third-order valence-electron chi connectivity index (χ3n) is 20.2. The Morgan fingerprint density at radius 1 is 0.297 bits per heavy atom. The van der Waals surface area contributed by atoms with E-state index in [0.29, 0.717) is 80.2 Å². The molecule has 5 N–H and O–H groups in total. The summed E-state index contributed by atoms with van der Waals surface area (Å²) in [5.41, 5.74) is 20.6. The third kappa shape index (κ3) is 17.5. The van der Waals surface area contributed by atoms with E-state index in [-0.39, 0.29) is 27.2 Å². The first-order valence-corrected chi connectivity index (χ1v) is 41.2. The lowest BCUT2D eigenvalue weighted by atomic mass is 10.0. The van der Waals surface area contributed by atoms with Gasteiger partial charge >= 0.3 is 0 Å². The monoisotopic (exact) mass is 1630 g/mol. The zero-order chi connectivity index (χ0) is 81.3. The topological polar surface area (TPSA) is 277 Å². The highest BCUT2D eigenvalue weighted by molar-refractivity contribution is 7.93. The van der Waals surface area contributed by atoms with E-state index in [1.165, 1.54) is 98.8 Å². The number of nitrogens with zero attached hydrogens (tertiary/aromatic N) is 13. The van der Waals surface area contributed by atoms with Crippen molar-refractivity contribution in [3.63, 3.8) is 0 Å². The Morgan fingerprint density at radius 2 is 0.610 bits per heavy atom. The molecule has 5 aliphatic rings. The van der Waals surface area contributed by atoms with Gasteiger partial charge in [0.1, 0.15) is 34.0 Å². The van der Waals surface area contributed by atoms with Gasteiger partial charge in [0.15, 0.2) is 0 Å². The van der Waals surface area contributed by atoms with Crippen LogP contribution in [0, 0.1) is 17.5 Å². The summed E-state index contributed by atoms with van der Waals surface area (Å²) in [5.74, 6) is 1.54. The third-order valence-corrected chi connectivity index (χ3v) is 24.0. The highest BCUT2D eigenvalue weighted by atomic mass is 35.5. The lowest BCUT2D eigenvalue weighted by molar-refractivity contribution is 0.592. The molecule has 0 unspecified atom stereocenters. The first kappa shape index (κ1) is 78.0. The summed E-state index contributed by atoms with van der Waals surface area (Å²) in [6, 6.07) is 70.6. The average Bonchev–Trinajstić information content (AvgIpc) is 0.842. The Labute approximate surface area is 684 Å². The van der Waals surface area contributed by atoms with Crippen molar-refractivity contribution in [3.05, 3.63) is 330 Å². The smallest absolute Gasteiger partial charge is 0.264 e. The molecule has 8 heterocycles. The second kappa shape index (κ2) is 34.7. The van der Waals surface area contributed by atoms with Crippen LogP contribution in [0.1, 0.15) is 52.6 Å². The number of aryl methyl sites for hydroxylation is 6. The molecule has 0 spiro atoms. The number of hydrogen-bond acceptors (Lipinski definition) is 20. The summed E-state index contributed by atoms with van der Waals surface area (Å²) in [5, 5.41) is 16.0. The number of para-hydroxylation sites is 2. The fraction of sp³-hybridized carbons (Fsp3) is 0.122. The molecule has 3 aliphatic carbocycles. The van der Waals surface area contributed by atoms with Gasteiger partial charge in [0.25, 0.3) is 20.0 Å². The number of hydrogen-bond donors (Lipinski definition) is 5. The number of rotatable bonds is 10. The molecular weight excluding hydrogens is 1550 g/mol. The molecule has 0 saturated heterocycles. The van der Waals surface area contributed by atoms with Gasteiger partial charge < -0.3 is 26.6 Å². The van der Waals surface area contributed by atoms with Crippen LogP contribution in [0.5, 0.6) is 0 Å². The van der Waals surface area contributed by atoms with Gasteiger partial charge in [-0.3, -0.25) is 8.61 Å². The number of nitrogens with one attached hydrogen (secondary N) is 5. The van der Waals surface area contributed by atoms with Crippen LogP contribution in [0.15, 0.2) is 284 Å². The normalized spacial score (nSPS) is 13.6. The van der Waals surface area contributed by atoms with Crippen LogP contribution in [-0.4, -0.2) is 85.8 Å². The van der Waals surface area contributed by atoms with E-state index in [2.05, 4.69) is 114 Å². The van der Waals surface area contributed by atoms with Gasteiger partial charge in [-0.15, -0.1) is 0 Å². The molecule has 6 aromatic heterocycles. The molecule has 0 amide bonds. The number of fused-ring (bicyclic) bond motifs is 15. The van der Waals surface area contributed by atoms with Crippen molar-refractivity contribution in [2.45, 2.75) is 67.6 Å². The highest BCUT2D eigenvalue weighted by Crippen LogP contribution is 2.44. The number of aromatic nitrogens is 11. The predicted molar refractivity (Wildman–Crippen MR) is 456 cm³/mol. The largest absolute Gasteiger partial charge is 0.324 e. The zero-order valence-electron chi connectivity index (χ0n) is 63.6. The van der Waals surface area contributed by atoms with Crippen LogP contribution in [0.4, 0.5) is 82.7 Å². The maximum absolute atomic E-state index is 13.7. The van der Waals surface area contributed by atoms with Crippen molar-refractivity contribution in [2.24, 2.45) is 0 Å². The summed E-state index contributed by atoms with van der Waals surface area (Å²) in [7, 11) is -4.26. The Bertz CT molecular complexity index is 6260. The molecule has 0 saturated carbocycles. The minimum Gasteiger partial charge on any atom is -0.324 e. The first-order chi connectivity index (χ1) is 57.4. The Kier molecular flexibility index (Phi) is 22.9. The van der Waals surface area contributed by atoms with Gasteiger partial charge in [-0.1, -0.05) is 139 Å². The zero-order valence-corrected chi connectivity index (χ0v) is 66.0. The van der Waals surface area contributed by atoms with Gasteiger partial charge in [0, 0.05) is 83.3 Å². The molecule has 9 aromatic carbocycles. The second-order valence-electron chi connectivity index (χ2n) is 27.9. The van der Waals surface area contributed by atoms with Gasteiger partial charge in [-0.05, 0) is 200 Å². The molecule has 22 nitrogen and oxygen atoms in total. The van der Waals surface area contributed by atoms with Crippen molar-refractivity contribution >= 4 is 101 Å². The van der Waals surface area contributed by atoms with Crippen molar-refractivity contribution in [1.82, 2.24) is 54.8 Å². The molecular formula is C90H74ClF3N18O4S2. The first-order valence-electron chi connectivity index (χ1n) is 37.9. The molecule has 15 aromatic rings.